The molecule has 1 aromatic rings. The molecule has 1 saturated heterocycles. The summed E-state index contributed by atoms with van der Waals surface area (Å²) in [6.07, 6.45) is -0.270. The van der Waals surface area contributed by atoms with Crippen molar-refractivity contribution in [2.45, 2.75) is 40.2 Å². The average Bonchev–Trinajstić information content (AvgIpc) is 2.54. The lowest BCUT2D eigenvalue weighted by atomic mass is 10.1. The Morgan fingerprint density at radius 1 is 1.08 bits per heavy atom. The first-order chi connectivity index (χ1) is 11.7. The van der Waals surface area contributed by atoms with Crippen LogP contribution in [0.3, 0.4) is 0 Å². The van der Waals surface area contributed by atoms with Crippen LogP contribution in [0.1, 0.15) is 34.6 Å². The molecule has 2 amide bonds. The zero-order valence-electron chi connectivity index (χ0n) is 15.8. The highest BCUT2D eigenvalue weighted by Gasteiger charge is 2.26. The number of hydrogen-bond acceptors (Lipinski definition) is 4. The summed E-state index contributed by atoms with van der Waals surface area (Å²) in [5.41, 5.74) is 1.31. The van der Waals surface area contributed by atoms with Gasteiger partial charge in [-0.2, -0.15) is 0 Å². The molecule has 6 heteroatoms. The van der Waals surface area contributed by atoms with E-state index in [2.05, 4.69) is 10.2 Å². The lowest BCUT2D eigenvalue weighted by molar-refractivity contribution is -0.118. The molecule has 0 unspecified atom stereocenters. The van der Waals surface area contributed by atoms with Crippen molar-refractivity contribution in [3.63, 3.8) is 0 Å². The van der Waals surface area contributed by atoms with Gasteiger partial charge in [-0.15, -0.1) is 0 Å². The summed E-state index contributed by atoms with van der Waals surface area (Å²) in [6, 6.07) is 7.78. The molecule has 1 N–H and O–H groups in total. The minimum atomic E-state index is -0.484. The fraction of sp³-hybridized carbons (Fsp3) is 0.579. The van der Waals surface area contributed by atoms with Crippen LogP contribution in [0.25, 0.3) is 0 Å². The second-order valence-electron chi connectivity index (χ2n) is 7.62. The van der Waals surface area contributed by atoms with Gasteiger partial charge in [0.1, 0.15) is 5.60 Å². The van der Waals surface area contributed by atoms with Gasteiger partial charge < -0.3 is 19.9 Å². The van der Waals surface area contributed by atoms with E-state index in [9.17, 15) is 9.59 Å². The third kappa shape index (κ3) is 5.37. The molecule has 1 aromatic carbocycles. The van der Waals surface area contributed by atoms with Crippen LogP contribution >= 0.6 is 0 Å². The van der Waals surface area contributed by atoms with Crippen LogP contribution in [0.2, 0.25) is 0 Å². The highest BCUT2D eigenvalue weighted by atomic mass is 16.6. The highest BCUT2D eigenvalue weighted by Crippen LogP contribution is 2.27. The number of amides is 2. The van der Waals surface area contributed by atoms with Crippen LogP contribution < -0.4 is 10.2 Å². The van der Waals surface area contributed by atoms with Gasteiger partial charge in [-0.05, 0) is 32.9 Å². The van der Waals surface area contributed by atoms with Gasteiger partial charge in [-0.25, -0.2) is 4.79 Å². The van der Waals surface area contributed by atoms with E-state index in [1.165, 1.54) is 0 Å². The highest BCUT2D eigenvalue weighted by molar-refractivity contribution is 5.95. The summed E-state index contributed by atoms with van der Waals surface area (Å²) >= 11 is 0. The topological polar surface area (TPSA) is 61.9 Å². The number of ether oxygens (including phenoxy) is 1. The average molecular weight is 347 g/mol. The van der Waals surface area contributed by atoms with E-state index in [0.717, 1.165) is 11.4 Å². The van der Waals surface area contributed by atoms with Crippen LogP contribution in [0.15, 0.2) is 24.3 Å². The lowest BCUT2D eigenvalue weighted by Gasteiger charge is -2.37. The minimum Gasteiger partial charge on any atom is -0.444 e. The SMILES string of the molecule is CC(C)C(=O)Nc1ccccc1N1CCN(C(=O)OC(C)(C)C)CC1. The summed E-state index contributed by atoms with van der Waals surface area (Å²) in [7, 11) is 0. The fourth-order valence-electron chi connectivity index (χ4n) is 2.59. The van der Waals surface area contributed by atoms with Crippen LogP contribution in [-0.2, 0) is 9.53 Å². The van der Waals surface area contributed by atoms with Gasteiger partial charge in [0.25, 0.3) is 0 Å². The maximum atomic E-state index is 12.2. The molecule has 0 aliphatic carbocycles. The molecule has 0 aromatic heterocycles. The van der Waals surface area contributed by atoms with Gasteiger partial charge in [0.15, 0.2) is 0 Å². The third-order valence-electron chi connectivity index (χ3n) is 3.96. The van der Waals surface area contributed by atoms with E-state index in [4.69, 9.17) is 4.74 Å². The van der Waals surface area contributed by atoms with E-state index in [1.54, 1.807) is 4.90 Å². The zero-order chi connectivity index (χ0) is 18.6. The second kappa shape index (κ2) is 7.76. The minimum absolute atomic E-state index is 0.000147. The zero-order valence-corrected chi connectivity index (χ0v) is 15.8. The van der Waals surface area contributed by atoms with Crippen molar-refractivity contribution in [1.82, 2.24) is 4.90 Å². The normalized spacial score (nSPS) is 15.3. The number of para-hydroxylation sites is 2. The Bertz CT molecular complexity index is 615. The van der Waals surface area contributed by atoms with E-state index < -0.39 is 5.60 Å². The summed E-state index contributed by atoms with van der Waals surface area (Å²) in [5, 5.41) is 2.99. The number of nitrogens with zero attached hydrogens (tertiary/aromatic N) is 2. The molecule has 6 nitrogen and oxygen atoms in total. The van der Waals surface area contributed by atoms with Crippen molar-refractivity contribution in [1.29, 1.82) is 0 Å². The maximum absolute atomic E-state index is 12.2. The van der Waals surface area contributed by atoms with E-state index in [0.29, 0.717) is 26.2 Å². The van der Waals surface area contributed by atoms with Crippen LogP contribution in [0, 0.1) is 5.92 Å². The largest absolute Gasteiger partial charge is 0.444 e. The molecule has 1 aliphatic heterocycles. The van der Waals surface area contributed by atoms with Gasteiger partial charge in [0, 0.05) is 32.1 Å². The Morgan fingerprint density at radius 3 is 2.24 bits per heavy atom. The monoisotopic (exact) mass is 347 g/mol. The smallest absolute Gasteiger partial charge is 0.410 e. The fourth-order valence-corrected chi connectivity index (χ4v) is 2.59. The molecule has 25 heavy (non-hydrogen) atoms. The molecule has 1 fully saturated rings. The van der Waals surface area contributed by atoms with Crippen molar-refractivity contribution >= 4 is 23.4 Å². The van der Waals surface area contributed by atoms with Crippen molar-refractivity contribution < 1.29 is 14.3 Å². The molecule has 1 heterocycles. The Morgan fingerprint density at radius 2 is 1.68 bits per heavy atom. The molecule has 138 valence electrons. The first-order valence-electron chi connectivity index (χ1n) is 8.80. The quantitative estimate of drug-likeness (QED) is 0.911. The van der Waals surface area contributed by atoms with Crippen molar-refractivity contribution in [2.24, 2.45) is 5.92 Å². The number of carbonyl (C=O) groups excluding carboxylic acids is 2. The first-order valence-corrected chi connectivity index (χ1v) is 8.80. The number of piperazine rings is 1. The predicted molar refractivity (Wildman–Crippen MR) is 99.9 cm³/mol. The molecule has 0 radical (unpaired) electrons. The Hall–Kier alpha value is -2.24. The van der Waals surface area contributed by atoms with Crippen molar-refractivity contribution in [3.05, 3.63) is 24.3 Å². The van der Waals surface area contributed by atoms with Gasteiger partial charge >= 0.3 is 6.09 Å². The molecular formula is C19H29N3O3. The number of anilines is 2. The number of nitrogens with one attached hydrogen (secondary N) is 1. The first kappa shape index (κ1) is 19.1. The van der Waals surface area contributed by atoms with Crippen molar-refractivity contribution in [3.8, 4) is 0 Å². The van der Waals surface area contributed by atoms with Gasteiger partial charge in [-0.3, -0.25) is 4.79 Å². The molecule has 0 spiro atoms. The van der Waals surface area contributed by atoms with Gasteiger partial charge in [0.2, 0.25) is 5.91 Å². The van der Waals surface area contributed by atoms with E-state index >= 15 is 0 Å². The van der Waals surface area contributed by atoms with E-state index in [-0.39, 0.29) is 17.9 Å². The van der Waals surface area contributed by atoms with Crippen LogP contribution in [0.5, 0.6) is 0 Å². The lowest BCUT2D eigenvalue weighted by Crippen LogP contribution is -2.50. The third-order valence-corrected chi connectivity index (χ3v) is 3.96. The molecule has 0 bridgehead atoms. The molecule has 0 atom stereocenters. The molecule has 1 aliphatic rings. The number of benzene rings is 1. The van der Waals surface area contributed by atoms with Crippen LogP contribution in [-0.4, -0.2) is 48.7 Å². The number of hydrogen-bond donors (Lipinski definition) is 1. The summed E-state index contributed by atoms with van der Waals surface area (Å²) in [4.78, 5) is 28.1. The number of rotatable bonds is 3. The molecule has 2 rings (SSSR count). The Balaban J connectivity index is 2.01. The van der Waals surface area contributed by atoms with Crippen LogP contribution in [0.4, 0.5) is 16.2 Å². The molecular weight excluding hydrogens is 318 g/mol. The standard InChI is InChI=1S/C19H29N3O3/c1-14(2)17(23)20-15-8-6-7-9-16(15)21-10-12-22(13-11-21)18(24)25-19(3,4)5/h6-9,14H,10-13H2,1-5H3,(H,20,23). The van der Waals surface area contributed by atoms with Crippen molar-refractivity contribution in [2.75, 3.05) is 36.4 Å². The maximum Gasteiger partial charge on any atom is 0.410 e. The van der Waals surface area contributed by atoms with E-state index in [1.807, 2.05) is 58.9 Å². The summed E-state index contributed by atoms with van der Waals surface area (Å²) < 4.78 is 5.43. The number of carbonyl (C=O) groups is 2. The Kier molecular flexibility index (Phi) is 5.93. The van der Waals surface area contributed by atoms with Gasteiger partial charge in [0.05, 0.1) is 11.4 Å². The van der Waals surface area contributed by atoms with Gasteiger partial charge in [-0.1, -0.05) is 26.0 Å². The predicted octanol–water partition coefficient (Wildman–Crippen LogP) is 3.34. The Labute approximate surface area is 150 Å². The summed E-state index contributed by atoms with van der Waals surface area (Å²) in [5.74, 6) is -0.0723. The second-order valence-corrected chi connectivity index (χ2v) is 7.62. The molecule has 0 saturated carbocycles. The summed E-state index contributed by atoms with van der Waals surface area (Å²) in [6.45, 7) is 12.0.